The fourth-order valence-electron chi connectivity index (χ4n) is 3.01. The Kier molecular flexibility index (Phi) is 5.49. The summed E-state index contributed by atoms with van der Waals surface area (Å²) in [7, 11) is 3.10. The summed E-state index contributed by atoms with van der Waals surface area (Å²) in [6.07, 6.45) is 0.452. The van der Waals surface area contributed by atoms with Gasteiger partial charge in [0.25, 0.3) is 0 Å². The number of carbonyl (C=O) groups excluding carboxylic acids is 1. The Morgan fingerprint density at radius 3 is 2.41 bits per heavy atom. The molecule has 7 heteroatoms. The molecule has 27 heavy (non-hydrogen) atoms. The molecule has 1 aliphatic rings. The van der Waals surface area contributed by atoms with Crippen LogP contribution < -0.4 is 19.5 Å². The minimum atomic E-state index is -1.14. The molecular weight excluding hydrogens is 350 g/mol. The second-order valence-corrected chi connectivity index (χ2v) is 6.24. The second-order valence-electron chi connectivity index (χ2n) is 6.24. The summed E-state index contributed by atoms with van der Waals surface area (Å²) >= 11 is 0. The summed E-state index contributed by atoms with van der Waals surface area (Å²) in [6.45, 7) is 0.195. The molecule has 0 aliphatic carbocycles. The van der Waals surface area contributed by atoms with E-state index in [-0.39, 0.29) is 12.5 Å². The van der Waals surface area contributed by atoms with Gasteiger partial charge in [-0.3, -0.25) is 4.79 Å². The molecule has 2 aromatic rings. The summed E-state index contributed by atoms with van der Waals surface area (Å²) < 4.78 is 15.9. The third kappa shape index (κ3) is 4.13. The number of carbonyl (C=O) groups is 2. The molecule has 2 unspecified atom stereocenters. The van der Waals surface area contributed by atoms with E-state index in [0.717, 1.165) is 5.56 Å². The zero-order valence-corrected chi connectivity index (χ0v) is 15.1. The number of aliphatic carboxylic acids is 1. The summed E-state index contributed by atoms with van der Waals surface area (Å²) in [4.78, 5) is 24.3. The molecule has 0 spiro atoms. The van der Waals surface area contributed by atoms with Crippen LogP contribution in [-0.2, 0) is 16.0 Å². The van der Waals surface area contributed by atoms with E-state index in [1.54, 1.807) is 43.5 Å². The first kappa shape index (κ1) is 18.6. The predicted molar refractivity (Wildman–Crippen MR) is 97.2 cm³/mol. The lowest BCUT2D eigenvalue weighted by Crippen LogP contribution is -2.41. The van der Waals surface area contributed by atoms with Crippen molar-refractivity contribution in [2.24, 2.45) is 5.92 Å². The zero-order valence-electron chi connectivity index (χ0n) is 15.1. The molecule has 142 valence electrons. The Hall–Kier alpha value is -3.22. The van der Waals surface area contributed by atoms with E-state index >= 15 is 0 Å². The lowest BCUT2D eigenvalue weighted by Gasteiger charge is -2.26. The molecule has 0 fully saturated rings. The van der Waals surface area contributed by atoms with Crippen LogP contribution in [0.2, 0.25) is 0 Å². The van der Waals surface area contributed by atoms with Gasteiger partial charge in [0, 0.05) is 0 Å². The molecule has 0 bridgehead atoms. The molecule has 1 aliphatic heterocycles. The molecule has 1 amide bonds. The first-order valence-electron chi connectivity index (χ1n) is 8.48. The van der Waals surface area contributed by atoms with Crippen molar-refractivity contribution in [3.63, 3.8) is 0 Å². The van der Waals surface area contributed by atoms with Crippen molar-refractivity contribution in [2.45, 2.75) is 12.5 Å². The lowest BCUT2D eigenvalue weighted by atomic mass is 9.95. The fourth-order valence-corrected chi connectivity index (χ4v) is 3.01. The van der Waals surface area contributed by atoms with E-state index in [4.69, 9.17) is 14.2 Å². The number of benzene rings is 2. The number of hydrogen-bond acceptors (Lipinski definition) is 5. The highest BCUT2D eigenvalue weighted by molar-refractivity contribution is 5.86. The highest BCUT2D eigenvalue weighted by Gasteiger charge is 2.30. The van der Waals surface area contributed by atoms with Crippen molar-refractivity contribution in [3.8, 4) is 17.2 Å². The molecule has 7 nitrogen and oxygen atoms in total. The summed E-state index contributed by atoms with van der Waals surface area (Å²) in [5.41, 5.74) is 1.33. The molecule has 2 atom stereocenters. The van der Waals surface area contributed by atoms with Crippen LogP contribution in [0.1, 0.15) is 17.2 Å². The van der Waals surface area contributed by atoms with Gasteiger partial charge in [-0.25, -0.2) is 4.79 Å². The number of rotatable bonds is 6. The fraction of sp³-hybridized carbons (Fsp3) is 0.300. The number of ether oxygens (including phenoxy) is 3. The zero-order chi connectivity index (χ0) is 19.4. The number of carboxylic acid groups (broad SMARTS) is 1. The van der Waals surface area contributed by atoms with Gasteiger partial charge in [0.15, 0.2) is 6.04 Å². The van der Waals surface area contributed by atoms with Crippen LogP contribution in [0.15, 0.2) is 42.5 Å². The van der Waals surface area contributed by atoms with Crippen LogP contribution in [0.25, 0.3) is 0 Å². The topological polar surface area (TPSA) is 94.1 Å². The van der Waals surface area contributed by atoms with Crippen molar-refractivity contribution in [2.75, 3.05) is 20.8 Å². The van der Waals surface area contributed by atoms with Crippen molar-refractivity contribution in [1.82, 2.24) is 5.32 Å². The van der Waals surface area contributed by atoms with Crippen LogP contribution in [0.5, 0.6) is 17.2 Å². The van der Waals surface area contributed by atoms with Crippen LogP contribution >= 0.6 is 0 Å². The SMILES string of the molecule is COc1ccc(C(NC(=O)C2COc3ccc(OC)cc3C2)C(=O)O)cc1. The van der Waals surface area contributed by atoms with Gasteiger partial charge in [0.1, 0.15) is 23.9 Å². The first-order chi connectivity index (χ1) is 13.0. The van der Waals surface area contributed by atoms with E-state index < -0.39 is 17.9 Å². The molecule has 0 radical (unpaired) electrons. The first-order valence-corrected chi connectivity index (χ1v) is 8.48. The average molecular weight is 371 g/mol. The normalized spacial score (nSPS) is 16.4. The highest BCUT2D eigenvalue weighted by atomic mass is 16.5. The van der Waals surface area contributed by atoms with Crippen LogP contribution in [0.4, 0.5) is 0 Å². The highest BCUT2D eigenvalue weighted by Crippen LogP contribution is 2.31. The molecule has 2 aromatic carbocycles. The average Bonchev–Trinajstić information content (AvgIpc) is 2.70. The molecular formula is C20H21NO6. The van der Waals surface area contributed by atoms with Crippen molar-refractivity contribution >= 4 is 11.9 Å². The largest absolute Gasteiger partial charge is 0.497 e. The maximum absolute atomic E-state index is 12.7. The van der Waals surface area contributed by atoms with E-state index in [1.807, 2.05) is 6.07 Å². The standard InChI is InChI=1S/C20H21NO6/c1-25-15-5-3-12(4-6-15)18(20(23)24)21-19(22)14-9-13-10-16(26-2)7-8-17(13)27-11-14/h3-8,10,14,18H,9,11H2,1-2H3,(H,21,22)(H,23,24). The molecule has 1 heterocycles. The smallest absolute Gasteiger partial charge is 0.330 e. The number of nitrogens with one attached hydrogen (secondary N) is 1. The van der Waals surface area contributed by atoms with Gasteiger partial charge in [0.2, 0.25) is 5.91 Å². The third-order valence-electron chi connectivity index (χ3n) is 4.53. The van der Waals surface area contributed by atoms with Gasteiger partial charge in [-0.2, -0.15) is 0 Å². The Morgan fingerprint density at radius 2 is 1.78 bits per heavy atom. The number of hydrogen-bond donors (Lipinski definition) is 2. The summed E-state index contributed by atoms with van der Waals surface area (Å²) in [6, 6.07) is 10.8. The number of fused-ring (bicyclic) bond motifs is 1. The van der Waals surface area contributed by atoms with Gasteiger partial charge in [-0.05, 0) is 47.9 Å². The van der Waals surface area contributed by atoms with Gasteiger partial charge >= 0.3 is 5.97 Å². The minimum absolute atomic E-state index is 0.195. The minimum Gasteiger partial charge on any atom is -0.497 e. The summed E-state index contributed by atoms with van der Waals surface area (Å²) in [5, 5.41) is 12.1. The lowest BCUT2D eigenvalue weighted by molar-refractivity contribution is -0.143. The maximum Gasteiger partial charge on any atom is 0.330 e. The summed E-state index contributed by atoms with van der Waals surface area (Å²) in [5.74, 6) is 0.0222. The molecule has 0 saturated carbocycles. The molecule has 0 aromatic heterocycles. The number of methoxy groups -OCH3 is 2. The number of amides is 1. The molecule has 3 rings (SSSR count). The Labute approximate surface area is 156 Å². The Morgan fingerprint density at radius 1 is 1.11 bits per heavy atom. The Bertz CT molecular complexity index is 833. The van der Waals surface area contributed by atoms with E-state index in [2.05, 4.69) is 5.32 Å². The monoisotopic (exact) mass is 371 g/mol. The third-order valence-corrected chi connectivity index (χ3v) is 4.53. The van der Waals surface area contributed by atoms with Crippen LogP contribution in [0.3, 0.4) is 0 Å². The Balaban J connectivity index is 1.73. The molecule has 0 saturated heterocycles. The van der Waals surface area contributed by atoms with Crippen molar-refractivity contribution in [3.05, 3.63) is 53.6 Å². The molecule has 2 N–H and O–H groups in total. The number of carboxylic acids is 1. The van der Waals surface area contributed by atoms with Crippen LogP contribution in [-0.4, -0.2) is 37.8 Å². The van der Waals surface area contributed by atoms with Gasteiger partial charge < -0.3 is 24.6 Å². The van der Waals surface area contributed by atoms with Gasteiger partial charge in [-0.15, -0.1) is 0 Å². The van der Waals surface area contributed by atoms with Crippen LogP contribution in [0, 0.1) is 5.92 Å². The van der Waals surface area contributed by atoms with E-state index in [9.17, 15) is 14.7 Å². The maximum atomic E-state index is 12.7. The van der Waals surface area contributed by atoms with Crippen molar-refractivity contribution < 1.29 is 28.9 Å². The quantitative estimate of drug-likeness (QED) is 0.808. The van der Waals surface area contributed by atoms with Gasteiger partial charge in [-0.1, -0.05) is 12.1 Å². The van der Waals surface area contributed by atoms with Gasteiger partial charge in [0.05, 0.1) is 20.1 Å². The van der Waals surface area contributed by atoms with E-state index in [0.29, 0.717) is 29.2 Å². The van der Waals surface area contributed by atoms with Crippen molar-refractivity contribution in [1.29, 1.82) is 0 Å². The second kappa shape index (κ2) is 7.99. The predicted octanol–water partition coefficient (Wildman–Crippen LogP) is 2.20. The van der Waals surface area contributed by atoms with E-state index in [1.165, 1.54) is 7.11 Å².